The van der Waals surface area contributed by atoms with Crippen LogP contribution < -0.4 is 0 Å². The molecule has 0 radical (unpaired) electrons. The highest BCUT2D eigenvalue weighted by Crippen LogP contribution is 2.39. The van der Waals surface area contributed by atoms with Crippen LogP contribution in [-0.4, -0.2) is 23.9 Å². The number of nitriles is 1. The standard InChI is InChI=1S/C13H20N2O/c1-3-13(2,9-14)12(16)15-7-10-5-4-6-11(10)8-15/h10-11H,3-8H2,1-2H3. The molecule has 0 N–H and O–H groups in total. The second kappa shape index (κ2) is 4.08. The SMILES string of the molecule is CCC(C)(C#N)C(=O)N1CC2CCCC2C1. The zero-order valence-electron chi connectivity index (χ0n) is 10.2. The molecule has 1 amide bonds. The van der Waals surface area contributed by atoms with E-state index < -0.39 is 5.41 Å². The Bertz CT molecular complexity index is 321. The maximum atomic E-state index is 12.3. The van der Waals surface area contributed by atoms with Gasteiger partial charge in [-0.2, -0.15) is 5.26 Å². The lowest BCUT2D eigenvalue weighted by Crippen LogP contribution is -2.40. The van der Waals surface area contributed by atoms with E-state index in [4.69, 9.17) is 5.26 Å². The molecule has 1 saturated carbocycles. The molecule has 1 saturated heterocycles. The Morgan fingerprint density at radius 1 is 1.44 bits per heavy atom. The molecule has 0 aromatic heterocycles. The third kappa shape index (κ3) is 1.71. The first-order chi connectivity index (χ1) is 7.60. The highest BCUT2D eigenvalue weighted by atomic mass is 16.2. The van der Waals surface area contributed by atoms with E-state index in [1.165, 1.54) is 19.3 Å². The number of rotatable bonds is 2. The number of carbonyl (C=O) groups is 1. The van der Waals surface area contributed by atoms with Gasteiger partial charge >= 0.3 is 0 Å². The van der Waals surface area contributed by atoms with Gasteiger partial charge in [-0.3, -0.25) is 4.79 Å². The van der Waals surface area contributed by atoms with Crippen LogP contribution in [0.2, 0.25) is 0 Å². The summed E-state index contributed by atoms with van der Waals surface area (Å²) in [7, 11) is 0. The summed E-state index contributed by atoms with van der Waals surface area (Å²) in [4.78, 5) is 14.2. The molecule has 3 heteroatoms. The van der Waals surface area contributed by atoms with E-state index in [1.807, 2.05) is 11.8 Å². The van der Waals surface area contributed by atoms with E-state index in [0.29, 0.717) is 18.3 Å². The van der Waals surface area contributed by atoms with Gasteiger partial charge in [0.05, 0.1) is 6.07 Å². The Kier molecular flexibility index (Phi) is 2.92. The van der Waals surface area contributed by atoms with E-state index in [-0.39, 0.29) is 5.91 Å². The second-order valence-electron chi connectivity index (χ2n) is 5.46. The van der Waals surface area contributed by atoms with Gasteiger partial charge < -0.3 is 4.90 Å². The van der Waals surface area contributed by atoms with Crippen molar-refractivity contribution in [2.45, 2.75) is 39.5 Å². The average Bonchev–Trinajstić information content (AvgIpc) is 2.87. The minimum absolute atomic E-state index is 0.0481. The fraction of sp³-hybridized carbons (Fsp3) is 0.846. The maximum absolute atomic E-state index is 12.3. The van der Waals surface area contributed by atoms with Crippen molar-refractivity contribution >= 4 is 5.91 Å². The normalized spacial score (nSPS) is 31.9. The molecule has 0 aromatic carbocycles. The molecule has 2 fully saturated rings. The number of carbonyl (C=O) groups excluding carboxylic acids is 1. The molecular weight excluding hydrogens is 200 g/mol. The zero-order valence-corrected chi connectivity index (χ0v) is 10.2. The van der Waals surface area contributed by atoms with Crippen LogP contribution in [0.1, 0.15) is 39.5 Å². The summed E-state index contributed by atoms with van der Waals surface area (Å²) in [6.45, 7) is 5.46. The van der Waals surface area contributed by atoms with Crippen molar-refractivity contribution in [2.75, 3.05) is 13.1 Å². The van der Waals surface area contributed by atoms with Crippen molar-refractivity contribution in [3.8, 4) is 6.07 Å². The average molecular weight is 220 g/mol. The van der Waals surface area contributed by atoms with Crippen LogP contribution in [-0.2, 0) is 4.79 Å². The minimum Gasteiger partial charge on any atom is -0.341 e. The smallest absolute Gasteiger partial charge is 0.242 e. The Morgan fingerprint density at radius 2 is 2.00 bits per heavy atom. The van der Waals surface area contributed by atoms with E-state index in [9.17, 15) is 4.79 Å². The largest absolute Gasteiger partial charge is 0.341 e. The van der Waals surface area contributed by atoms with Gasteiger partial charge in [-0.1, -0.05) is 13.3 Å². The monoisotopic (exact) mass is 220 g/mol. The lowest BCUT2D eigenvalue weighted by molar-refractivity contribution is -0.137. The minimum atomic E-state index is -0.807. The van der Waals surface area contributed by atoms with Crippen LogP contribution in [0, 0.1) is 28.6 Å². The van der Waals surface area contributed by atoms with Gasteiger partial charge in [0.25, 0.3) is 0 Å². The van der Waals surface area contributed by atoms with Gasteiger partial charge in [-0.25, -0.2) is 0 Å². The Balaban J connectivity index is 2.05. The summed E-state index contributed by atoms with van der Waals surface area (Å²) < 4.78 is 0. The van der Waals surface area contributed by atoms with Crippen molar-refractivity contribution < 1.29 is 4.79 Å². The van der Waals surface area contributed by atoms with Crippen LogP contribution in [0.15, 0.2) is 0 Å². The summed E-state index contributed by atoms with van der Waals surface area (Å²) in [6.07, 6.45) is 4.46. The predicted molar refractivity (Wildman–Crippen MR) is 61.4 cm³/mol. The second-order valence-corrected chi connectivity index (χ2v) is 5.46. The van der Waals surface area contributed by atoms with Gasteiger partial charge in [0, 0.05) is 13.1 Å². The van der Waals surface area contributed by atoms with Crippen LogP contribution in [0.3, 0.4) is 0 Å². The first-order valence-electron chi connectivity index (χ1n) is 6.31. The first kappa shape index (κ1) is 11.4. The van der Waals surface area contributed by atoms with Crippen molar-refractivity contribution in [2.24, 2.45) is 17.3 Å². The topological polar surface area (TPSA) is 44.1 Å². The lowest BCUT2D eigenvalue weighted by Gasteiger charge is -2.26. The molecule has 3 atom stereocenters. The third-order valence-electron chi connectivity index (χ3n) is 4.44. The number of amides is 1. The summed E-state index contributed by atoms with van der Waals surface area (Å²) in [5.41, 5.74) is -0.807. The van der Waals surface area contributed by atoms with Crippen LogP contribution in [0.4, 0.5) is 0 Å². The van der Waals surface area contributed by atoms with Gasteiger partial charge in [-0.05, 0) is 38.0 Å². The molecule has 88 valence electrons. The maximum Gasteiger partial charge on any atom is 0.242 e. The molecule has 1 aliphatic heterocycles. The fourth-order valence-electron chi connectivity index (χ4n) is 3.03. The molecule has 3 nitrogen and oxygen atoms in total. The highest BCUT2D eigenvalue weighted by Gasteiger charge is 2.43. The van der Waals surface area contributed by atoms with Gasteiger partial charge in [-0.15, -0.1) is 0 Å². The third-order valence-corrected chi connectivity index (χ3v) is 4.44. The van der Waals surface area contributed by atoms with Gasteiger partial charge in [0.15, 0.2) is 0 Å². The Labute approximate surface area is 97.4 Å². The van der Waals surface area contributed by atoms with Crippen molar-refractivity contribution in [1.82, 2.24) is 4.90 Å². The molecule has 2 aliphatic rings. The molecule has 16 heavy (non-hydrogen) atoms. The number of hydrogen-bond donors (Lipinski definition) is 0. The summed E-state index contributed by atoms with van der Waals surface area (Å²) in [5.74, 6) is 1.47. The Hall–Kier alpha value is -1.04. The number of likely N-dealkylation sites (tertiary alicyclic amines) is 1. The van der Waals surface area contributed by atoms with Crippen LogP contribution in [0.25, 0.3) is 0 Å². The first-order valence-corrected chi connectivity index (χ1v) is 6.31. The number of hydrogen-bond acceptors (Lipinski definition) is 2. The summed E-state index contributed by atoms with van der Waals surface area (Å²) in [6, 6.07) is 2.18. The van der Waals surface area contributed by atoms with Crippen molar-refractivity contribution in [1.29, 1.82) is 5.26 Å². The van der Waals surface area contributed by atoms with Crippen molar-refractivity contribution in [3.05, 3.63) is 0 Å². The predicted octanol–water partition coefficient (Wildman–Crippen LogP) is 2.18. The van der Waals surface area contributed by atoms with Crippen molar-refractivity contribution in [3.63, 3.8) is 0 Å². The van der Waals surface area contributed by atoms with Crippen LogP contribution in [0.5, 0.6) is 0 Å². The quantitative estimate of drug-likeness (QED) is 0.716. The molecule has 0 bridgehead atoms. The van der Waals surface area contributed by atoms with E-state index in [0.717, 1.165) is 13.1 Å². The molecule has 1 heterocycles. The van der Waals surface area contributed by atoms with E-state index >= 15 is 0 Å². The lowest BCUT2D eigenvalue weighted by atomic mass is 9.88. The Morgan fingerprint density at radius 3 is 2.44 bits per heavy atom. The molecule has 0 aromatic rings. The summed E-state index contributed by atoms with van der Waals surface area (Å²) >= 11 is 0. The van der Waals surface area contributed by atoms with Gasteiger partial charge in [0.2, 0.25) is 5.91 Å². The molecule has 2 rings (SSSR count). The van der Waals surface area contributed by atoms with E-state index in [1.54, 1.807) is 6.92 Å². The fourth-order valence-corrected chi connectivity index (χ4v) is 3.03. The molecule has 0 spiro atoms. The molecule has 1 aliphatic carbocycles. The highest BCUT2D eigenvalue weighted by molar-refractivity contribution is 5.85. The van der Waals surface area contributed by atoms with E-state index in [2.05, 4.69) is 6.07 Å². The molecule has 3 unspecified atom stereocenters. The number of fused-ring (bicyclic) bond motifs is 1. The van der Waals surface area contributed by atoms with Crippen LogP contribution >= 0.6 is 0 Å². The van der Waals surface area contributed by atoms with Gasteiger partial charge in [0.1, 0.15) is 5.41 Å². The number of nitrogens with zero attached hydrogens (tertiary/aromatic N) is 2. The zero-order chi connectivity index (χ0) is 11.8. The summed E-state index contributed by atoms with van der Waals surface area (Å²) in [5, 5.41) is 9.12. The molecular formula is C13H20N2O.